The van der Waals surface area contributed by atoms with Crippen molar-refractivity contribution in [2.45, 2.75) is 20.3 Å². The molecule has 0 spiro atoms. The lowest BCUT2D eigenvalue weighted by Crippen LogP contribution is -2.24. The van der Waals surface area contributed by atoms with Crippen LogP contribution in [0.4, 0.5) is 11.4 Å². The molecule has 0 aliphatic heterocycles. The third kappa shape index (κ3) is 3.22. The average molecular weight is 231 g/mol. The number of nitrogens with zero attached hydrogens (tertiary/aromatic N) is 2. The van der Waals surface area contributed by atoms with Crippen LogP contribution in [0.25, 0.3) is 0 Å². The number of anilines is 2. The van der Waals surface area contributed by atoms with E-state index in [1.807, 2.05) is 13.0 Å². The molecule has 0 aromatic heterocycles. The molecule has 90 valence electrons. The van der Waals surface area contributed by atoms with Gasteiger partial charge in [0.05, 0.1) is 12.5 Å². The van der Waals surface area contributed by atoms with Crippen molar-refractivity contribution in [2.24, 2.45) is 0 Å². The zero-order chi connectivity index (χ0) is 12.8. The van der Waals surface area contributed by atoms with Crippen molar-refractivity contribution in [2.75, 3.05) is 23.7 Å². The van der Waals surface area contributed by atoms with Crippen LogP contribution >= 0.6 is 0 Å². The minimum atomic E-state index is -0.0410. The van der Waals surface area contributed by atoms with Gasteiger partial charge in [-0.3, -0.25) is 4.79 Å². The maximum absolute atomic E-state index is 11.4. The molecule has 0 saturated heterocycles. The third-order valence-corrected chi connectivity index (χ3v) is 2.66. The highest BCUT2D eigenvalue weighted by atomic mass is 16.1. The van der Waals surface area contributed by atoms with E-state index in [4.69, 9.17) is 11.0 Å². The SMILES string of the molecule is CCN(CCC#N)c1ccc(N)c(C(C)=O)c1. The number of Topliss-reactive ketones (excluding diaryl/α,β-unsaturated/α-hetero) is 1. The molecule has 17 heavy (non-hydrogen) atoms. The first-order valence-electron chi connectivity index (χ1n) is 5.62. The van der Waals surface area contributed by atoms with Gasteiger partial charge in [-0.15, -0.1) is 0 Å². The third-order valence-electron chi connectivity index (χ3n) is 2.66. The molecular weight excluding hydrogens is 214 g/mol. The number of benzene rings is 1. The lowest BCUT2D eigenvalue weighted by molar-refractivity contribution is 0.101. The van der Waals surface area contributed by atoms with Crippen LogP contribution in [0.3, 0.4) is 0 Å². The van der Waals surface area contributed by atoms with Gasteiger partial charge in [0.1, 0.15) is 0 Å². The average Bonchev–Trinajstić information content (AvgIpc) is 2.31. The van der Waals surface area contributed by atoms with Gasteiger partial charge in [-0.05, 0) is 32.0 Å². The standard InChI is InChI=1S/C13H17N3O/c1-3-16(8-4-7-14)11-5-6-13(15)12(9-11)10(2)17/h5-6,9H,3-4,8,15H2,1-2H3. The molecule has 1 aromatic rings. The van der Waals surface area contributed by atoms with Gasteiger partial charge in [-0.1, -0.05) is 0 Å². The number of hydrogen-bond donors (Lipinski definition) is 1. The highest BCUT2D eigenvalue weighted by Gasteiger charge is 2.09. The van der Waals surface area contributed by atoms with E-state index >= 15 is 0 Å². The molecule has 0 unspecified atom stereocenters. The van der Waals surface area contributed by atoms with E-state index in [9.17, 15) is 4.79 Å². The Morgan fingerprint density at radius 3 is 2.76 bits per heavy atom. The number of hydrogen-bond acceptors (Lipinski definition) is 4. The molecule has 0 radical (unpaired) electrons. The number of ketones is 1. The van der Waals surface area contributed by atoms with Crippen LogP contribution < -0.4 is 10.6 Å². The minimum absolute atomic E-state index is 0.0410. The van der Waals surface area contributed by atoms with Gasteiger partial charge in [-0.2, -0.15) is 5.26 Å². The first kappa shape index (κ1) is 13.0. The fraction of sp³-hybridized carbons (Fsp3) is 0.385. The Kier molecular flexibility index (Phi) is 4.53. The van der Waals surface area contributed by atoms with Crippen LogP contribution in [0.5, 0.6) is 0 Å². The van der Waals surface area contributed by atoms with E-state index < -0.39 is 0 Å². The summed E-state index contributed by atoms with van der Waals surface area (Å²) < 4.78 is 0. The lowest BCUT2D eigenvalue weighted by Gasteiger charge is -2.22. The second-order valence-corrected chi connectivity index (χ2v) is 3.82. The van der Waals surface area contributed by atoms with E-state index in [0.29, 0.717) is 24.2 Å². The zero-order valence-corrected chi connectivity index (χ0v) is 10.2. The summed E-state index contributed by atoms with van der Waals surface area (Å²) in [6.07, 6.45) is 0.466. The van der Waals surface area contributed by atoms with Crippen molar-refractivity contribution in [1.29, 1.82) is 5.26 Å². The monoisotopic (exact) mass is 231 g/mol. The molecule has 0 aliphatic carbocycles. The van der Waals surface area contributed by atoms with Gasteiger partial charge in [0.15, 0.2) is 5.78 Å². The Bertz CT molecular complexity index is 448. The summed E-state index contributed by atoms with van der Waals surface area (Å²) in [7, 11) is 0. The lowest BCUT2D eigenvalue weighted by atomic mass is 10.1. The molecule has 0 heterocycles. The molecular formula is C13H17N3O. The summed E-state index contributed by atoms with van der Waals surface area (Å²) >= 11 is 0. The molecule has 0 amide bonds. The van der Waals surface area contributed by atoms with Crippen molar-refractivity contribution < 1.29 is 4.79 Å². The van der Waals surface area contributed by atoms with Crippen LogP contribution in [-0.4, -0.2) is 18.9 Å². The summed E-state index contributed by atoms with van der Waals surface area (Å²) in [4.78, 5) is 13.4. The van der Waals surface area contributed by atoms with E-state index in [2.05, 4.69) is 11.0 Å². The number of nitrogens with two attached hydrogens (primary N) is 1. The molecule has 4 heteroatoms. The number of nitriles is 1. The van der Waals surface area contributed by atoms with Crippen LogP contribution in [0.2, 0.25) is 0 Å². The Balaban J connectivity index is 3.01. The molecule has 0 atom stereocenters. The molecule has 1 aromatic carbocycles. The number of carbonyl (C=O) groups is 1. The van der Waals surface area contributed by atoms with Gasteiger partial charge in [-0.25, -0.2) is 0 Å². The first-order valence-corrected chi connectivity index (χ1v) is 5.62. The smallest absolute Gasteiger partial charge is 0.161 e. The Morgan fingerprint density at radius 1 is 1.53 bits per heavy atom. The van der Waals surface area contributed by atoms with Gasteiger partial charge in [0.2, 0.25) is 0 Å². The van der Waals surface area contributed by atoms with Crippen LogP contribution in [0.15, 0.2) is 18.2 Å². The highest BCUT2D eigenvalue weighted by Crippen LogP contribution is 2.21. The normalized spacial score (nSPS) is 9.71. The Labute approximate surface area is 102 Å². The van der Waals surface area contributed by atoms with Gasteiger partial charge in [0.25, 0.3) is 0 Å². The quantitative estimate of drug-likeness (QED) is 0.623. The number of carbonyl (C=O) groups excluding carboxylic acids is 1. The van der Waals surface area contributed by atoms with E-state index in [1.165, 1.54) is 6.92 Å². The molecule has 0 aliphatic rings. The minimum Gasteiger partial charge on any atom is -0.398 e. The molecule has 0 saturated carbocycles. The topological polar surface area (TPSA) is 70.1 Å². The van der Waals surface area contributed by atoms with Gasteiger partial charge >= 0.3 is 0 Å². The predicted octanol–water partition coefficient (Wildman–Crippen LogP) is 2.21. The van der Waals surface area contributed by atoms with Crippen molar-refractivity contribution in [3.8, 4) is 6.07 Å². The molecule has 4 nitrogen and oxygen atoms in total. The second kappa shape index (κ2) is 5.90. The van der Waals surface area contributed by atoms with Crippen molar-refractivity contribution >= 4 is 17.2 Å². The summed E-state index contributed by atoms with van der Waals surface area (Å²) in [5.41, 5.74) is 7.71. The van der Waals surface area contributed by atoms with Crippen molar-refractivity contribution in [1.82, 2.24) is 0 Å². The van der Waals surface area contributed by atoms with E-state index in [0.717, 1.165) is 12.2 Å². The van der Waals surface area contributed by atoms with Crippen molar-refractivity contribution in [3.05, 3.63) is 23.8 Å². The predicted molar refractivity (Wildman–Crippen MR) is 69.0 cm³/mol. The Hall–Kier alpha value is -2.02. The zero-order valence-electron chi connectivity index (χ0n) is 10.2. The number of rotatable bonds is 5. The van der Waals surface area contributed by atoms with Crippen LogP contribution in [-0.2, 0) is 0 Å². The summed E-state index contributed by atoms with van der Waals surface area (Å²) in [6, 6.07) is 7.52. The molecule has 0 fully saturated rings. The van der Waals surface area contributed by atoms with E-state index in [-0.39, 0.29) is 5.78 Å². The highest BCUT2D eigenvalue weighted by molar-refractivity contribution is 6.00. The second-order valence-electron chi connectivity index (χ2n) is 3.82. The van der Waals surface area contributed by atoms with Crippen molar-refractivity contribution in [3.63, 3.8) is 0 Å². The van der Waals surface area contributed by atoms with Crippen LogP contribution in [0, 0.1) is 11.3 Å². The molecule has 2 N–H and O–H groups in total. The summed E-state index contributed by atoms with van der Waals surface area (Å²) in [6.45, 7) is 4.97. The first-order chi connectivity index (χ1) is 8.10. The summed E-state index contributed by atoms with van der Waals surface area (Å²) in [5.74, 6) is -0.0410. The van der Waals surface area contributed by atoms with Gasteiger partial charge in [0, 0.05) is 30.0 Å². The molecule has 0 bridgehead atoms. The van der Waals surface area contributed by atoms with Gasteiger partial charge < -0.3 is 10.6 Å². The fourth-order valence-electron chi connectivity index (χ4n) is 1.70. The maximum Gasteiger partial charge on any atom is 0.161 e. The fourth-order valence-corrected chi connectivity index (χ4v) is 1.70. The van der Waals surface area contributed by atoms with Crippen LogP contribution in [0.1, 0.15) is 30.6 Å². The number of nitrogen functional groups attached to an aromatic ring is 1. The summed E-state index contributed by atoms with van der Waals surface area (Å²) in [5, 5.41) is 8.59. The largest absolute Gasteiger partial charge is 0.398 e. The maximum atomic E-state index is 11.4. The Morgan fingerprint density at radius 2 is 2.24 bits per heavy atom. The van der Waals surface area contributed by atoms with E-state index in [1.54, 1.807) is 12.1 Å². The molecule has 1 rings (SSSR count).